The van der Waals surface area contributed by atoms with Crippen molar-refractivity contribution in [2.24, 2.45) is 0 Å². The van der Waals surface area contributed by atoms with Crippen molar-refractivity contribution in [1.29, 1.82) is 0 Å². The Hall–Kier alpha value is -0.940. The molecule has 0 aliphatic carbocycles. The first-order chi connectivity index (χ1) is 6.75. The maximum absolute atomic E-state index is 5.60. The van der Waals surface area contributed by atoms with Crippen LogP contribution < -0.4 is 5.73 Å². The Kier molecular flexibility index (Phi) is 2.79. The molecule has 0 radical (unpaired) electrons. The molecule has 0 bridgehead atoms. The summed E-state index contributed by atoms with van der Waals surface area (Å²) in [5.41, 5.74) is 6.81. The van der Waals surface area contributed by atoms with E-state index in [0.29, 0.717) is 5.13 Å². The molecule has 0 aromatic carbocycles. The predicted octanol–water partition coefficient (Wildman–Crippen LogP) is 2.47. The third-order valence-electron chi connectivity index (χ3n) is 1.78. The van der Waals surface area contributed by atoms with Gasteiger partial charge < -0.3 is 5.73 Å². The van der Waals surface area contributed by atoms with E-state index < -0.39 is 0 Å². The summed E-state index contributed by atoms with van der Waals surface area (Å²) in [4.78, 5) is 9.22. The summed E-state index contributed by atoms with van der Waals surface area (Å²) in [6.45, 7) is 0. The summed E-state index contributed by atoms with van der Waals surface area (Å²) >= 11 is 4.89. The van der Waals surface area contributed by atoms with Gasteiger partial charge in [-0.15, -0.1) is 11.3 Å². The molecule has 0 fully saturated rings. The number of nitrogen functional groups attached to an aromatic ring is 1. The number of thiazole rings is 1. The van der Waals surface area contributed by atoms with E-state index in [2.05, 4.69) is 25.9 Å². The fourth-order valence-electron chi connectivity index (χ4n) is 1.15. The van der Waals surface area contributed by atoms with Crippen LogP contribution in [0.4, 0.5) is 5.13 Å². The minimum Gasteiger partial charge on any atom is -0.375 e. The van der Waals surface area contributed by atoms with Crippen LogP contribution >= 0.6 is 27.3 Å². The zero-order valence-corrected chi connectivity index (χ0v) is 9.68. The van der Waals surface area contributed by atoms with E-state index in [0.717, 1.165) is 15.9 Å². The van der Waals surface area contributed by atoms with Crippen molar-refractivity contribution in [3.63, 3.8) is 0 Å². The molecule has 72 valence electrons. The van der Waals surface area contributed by atoms with E-state index in [1.54, 1.807) is 12.4 Å². The Bertz CT molecular complexity index is 427. The highest BCUT2D eigenvalue weighted by Crippen LogP contribution is 2.27. The smallest absolute Gasteiger partial charge is 0.181 e. The Morgan fingerprint density at radius 1 is 1.36 bits per heavy atom. The van der Waals surface area contributed by atoms with Crippen molar-refractivity contribution in [2.45, 2.75) is 6.42 Å². The van der Waals surface area contributed by atoms with E-state index in [-0.39, 0.29) is 0 Å². The Morgan fingerprint density at radius 3 is 2.64 bits per heavy atom. The maximum Gasteiger partial charge on any atom is 0.181 e. The fraction of sp³-hybridized carbons (Fsp3) is 0.111. The van der Waals surface area contributed by atoms with Gasteiger partial charge in [0.15, 0.2) is 5.13 Å². The Labute approximate surface area is 94.1 Å². The summed E-state index contributed by atoms with van der Waals surface area (Å²) in [6.07, 6.45) is 4.42. The zero-order valence-electron chi connectivity index (χ0n) is 7.27. The second-order valence-corrected chi connectivity index (χ2v) is 4.66. The van der Waals surface area contributed by atoms with Crippen LogP contribution in [0.25, 0.3) is 0 Å². The van der Waals surface area contributed by atoms with E-state index >= 15 is 0 Å². The predicted molar refractivity (Wildman–Crippen MR) is 61.3 cm³/mol. The number of hydrogen-bond donors (Lipinski definition) is 1. The van der Waals surface area contributed by atoms with Crippen molar-refractivity contribution in [3.05, 3.63) is 39.6 Å². The van der Waals surface area contributed by atoms with Gasteiger partial charge >= 0.3 is 0 Å². The van der Waals surface area contributed by atoms with E-state index in [1.165, 1.54) is 16.9 Å². The molecule has 0 atom stereocenters. The minimum absolute atomic E-state index is 0.598. The normalized spacial score (nSPS) is 10.4. The van der Waals surface area contributed by atoms with Gasteiger partial charge in [0.1, 0.15) is 4.60 Å². The van der Waals surface area contributed by atoms with Crippen LogP contribution in [-0.4, -0.2) is 9.97 Å². The van der Waals surface area contributed by atoms with Crippen molar-refractivity contribution >= 4 is 32.4 Å². The van der Waals surface area contributed by atoms with Crippen LogP contribution in [0.2, 0.25) is 0 Å². The summed E-state index contributed by atoms with van der Waals surface area (Å²) in [7, 11) is 0. The molecule has 2 aromatic heterocycles. The average Bonchev–Trinajstić information content (AvgIpc) is 2.47. The number of halogens is 1. The first kappa shape index (κ1) is 9.61. The summed E-state index contributed by atoms with van der Waals surface area (Å²) in [6, 6.07) is 3.98. The van der Waals surface area contributed by atoms with Gasteiger partial charge in [0.05, 0.1) is 0 Å². The summed E-state index contributed by atoms with van der Waals surface area (Å²) in [5.74, 6) is 0. The van der Waals surface area contributed by atoms with Crippen LogP contribution in [0.15, 0.2) is 29.1 Å². The molecule has 3 nitrogen and oxygen atoms in total. The number of hydrogen-bond acceptors (Lipinski definition) is 4. The monoisotopic (exact) mass is 269 g/mol. The molecule has 0 unspecified atom stereocenters. The quantitative estimate of drug-likeness (QED) is 0.912. The standard InChI is InChI=1S/C9H8BrN3S/c10-8-7(14-9(11)13-8)5-6-1-3-12-4-2-6/h1-4H,5H2,(H2,11,13). The van der Waals surface area contributed by atoms with Crippen molar-refractivity contribution in [1.82, 2.24) is 9.97 Å². The van der Waals surface area contributed by atoms with Crippen LogP contribution in [0, 0.1) is 0 Å². The first-order valence-electron chi connectivity index (χ1n) is 4.05. The Morgan fingerprint density at radius 2 is 2.07 bits per heavy atom. The van der Waals surface area contributed by atoms with Crippen LogP contribution in [0.3, 0.4) is 0 Å². The largest absolute Gasteiger partial charge is 0.375 e. The van der Waals surface area contributed by atoms with Gasteiger partial charge in [-0.1, -0.05) is 0 Å². The maximum atomic E-state index is 5.60. The number of aromatic nitrogens is 2. The molecule has 2 rings (SSSR count). The van der Waals surface area contributed by atoms with E-state index in [4.69, 9.17) is 5.73 Å². The van der Waals surface area contributed by atoms with E-state index in [1.807, 2.05) is 12.1 Å². The van der Waals surface area contributed by atoms with Crippen molar-refractivity contribution in [3.8, 4) is 0 Å². The lowest BCUT2D eigenvalue weighted by Crippen LogP contribution is -1.85. The molecule has 2 heterocycles. The van der Waals surface area contributed by atoms with Gasteiger partial charge in [-0.05, 0) is 33.6 Å². The molecular weight excluding hydrogens is 262 g/mol. The SMILES string of the molecule is Nc1nc(Br)c(Cc2ccncc2)s1. The van der Waals surface area contributed by atoms with Gasteiger partial charge in [0.25, 0.3) is 0 Å². The van der Waals surface area contributed by atoms with Gasteiger partial charge in [-0.2, -0.15) is 0 Å². The highest BCUT2D eigenvalue weighted by atomic mass is 79.9. The highest BCUT2D eigenvalue weighted by molar-refractivity contribution is 9.10. The van der Waals surface area contributed by atoms with E-state index in [9.17, 15) is 0 Å². The van der Waals surface area contributed by atoms with Gasteiger partial charge in [0, 0.05) is 23.7 Å². The first-order valence-corrected chi connectivity index (χ1v) is 5.66. The average molecular weight is 270 g/mol. The number of anilines is 1. The molecule has 0 saturated carbocycles. The molecule has 0 spiro atoms. The lowest BCUT2D eigenvalue weighted by molar-refractivity contribution is 1.17. The van der Waals surface area contributed by atoms with Gasteiger partial charge in [-0.25, -0.2) is 4.98 Å². The van der Waals surface area contributed by atoms with Gasteiger partial charge in [0.2, 0.25) is 0 Å². The molecule has 2 aromatic rings. The number of pyridine rings is 1. The Balaban J connectivity index is 2.23. The number of rotatable bonds is 2. The van der Waals surface area contributed by atoms with Crippen LogP contribution in [0.1, 0.15) is 10.4 Å². The molecule has 0 saturated heterocycles. The molecule has 5 heteroatoms. The third-order valence-corrected chi connectivity index (χ3v) is 3.58. The number of nitrogens with two attached hydrogens (primary N) is 1. The molecule has 0 aliphatic heterocycles. The van der Waals surface area contributed by atoms with Crippen LogP contribution in [0.5, 0.6) is 0 Å². The molecule has 2 N–H and O–H groups in total. The lowest BCUT2D eigenvalue weighted by atomic mass is 10.2. The fourth-order valence-corrected chi connectivity index (χ4v) is 2.59. The third kappa shape index (κ3) is 2.10. The van der Waals surface area contributed by atoms with Crippen LogP contribution in [-0.2, 0) is 6.42 Å². The zero-order chi connectivity index (χ0) is 9.97. The van der Waals surface area contributed by atoms with Crippen molar-refractivity contribution < 1.29 is 0 Å². The number of nitrogens with zero attached hydrogens (tertiary/aromatic N) is 2. The molecular formula is C9H8BrN3S. The topological polar surface area (TPSA) is 51.8 Å². The second kappa shape index (κ2) is 4.06. The summed E-state index contributed by atoms with van der Waals surface area (Å²) in [5, 5.41) is 0.598. The van der Waals surface area contributed by atoms with Gasteiger partial charge in [-0.3, -0.25) is 4.98 Å². The lowest BCUT2D eigenvalue weighted by Gasteiger charge is -1.96. The molecule has 0 amide bonds. The molecule has 0 aliphatic rings. The minimum atomic E-state index is 0.598. The summed E-state index contributed by atoms with van der Waals surface area (Å²) < 4.78 is 0.844. The highest BCUT2D eigenvalue weighted by Gasteiger charge is 2.06. The second-order valence-electron chi connectivity index (χ2n) is 2.80. The molecule has 14 heavy (non-hydrogen) atoms. The van der Waals surface area contributed by atoms with Crippen molar-refractivity contribution in [2.75, 3.05) is 5.73 Å².